The molecule has 1 aromatic heterocycles. The second-order valence-electron chi connectivity index (χ2n) is 3.99. The predicted octanol–water partition coefficient (Wildman–Crippen LogP) is 1.53. The monoisotopic (exact) mass is 236 g/mol. The summed E-state index contributed by atoms with van der Waals surface area (Å²) in [6.07, 6.45) is 3.37. The second kappa shape index (κ2) is 6.62. The number of aldehydes is 1. The number of hydrogen-bond donors (Lipinski definition) is 1. The van der Waals surface area contributed by atoms with Crippen molar-refractivity contribution < 1.29 is 14.3 Å². The van der Waals surface area contributed by atoms with Crippen LogP contribution in [0.4, 0.5) is 4.79 Å². The summed E-state index contributed by atoms with van der Waals surface area (Å²) >= 11 is 0. The Bertz CT molecular complexity index is 365. The number of alkyl carbamates (subject to hydrolysis) is 1. The van der Waals surface area contributed by atoms with E-state index in [0.717, 1.165) is 5.56 Å². The van der Waals surface area contributed by atoms with Gasteiger partial charge in [-0.05, 0) is 12.0 Å². The summed E-state index contributed by atoms with van der Waals surface area (Å²) in [5.74, 6) is 0.0402. The largest absolute Gasteiger partial charge is 0.445 e. The fourth-order valence-electron chi connectivity index (χ4n) is 1.17. The highest BCUT2D eigenvalue weighted by Gasteiger charge is 2.15. The van der Waals surface area contributed by atoms with Gasteiger partial charge in [-0.3, -0.25) is 4.98 Å². The molecule has 0 aliphatic carbocycles. The molecule has 5 nitrogen and oxygen atoms in total. The summed E-state index contributed by atoms with van der Waals surface area (Å²) in [7, 11) is 0. The molecule has 0 spiro atoms. The van der Waals surface area contributed by atoms with Gasteiger partial charge >= 0.3 is 6.09 Å². The summed E-state index contributed by atoms with van der Waals surface area (Å²) in [5, 5.41) is 2.49. The Morgan fingerprint density at radius 2 is 2.35 bits per heavy atom. The van der Waals surface area contributed by atoms with Gasteiger partial charge in [0.05, 0.1) is 6.04 Å². The molecule has 0 aromatic carbocycles. The van der Waals surface area contributed by atoms with Gasteiger partial charge in [0.1, 0.15) is 12.9 Å². The fraction of sp³-hybridized carbons (Fsp3) is 0.417. The molecule has 1 atom stereocenters. The standard InChI is InChI=1S/C12H16N2O3/c1-9(2)11(7-15)14-12(16)17-8-10-4-3-5-13-6-10/h3-7,9,11H,8H2,1-2H3,(H,14,16)/t11-/m1/s1. The molecule has 0 unspecified atom stereocenters. The third-order valence-corrected chi connectivity index (χ3v) is 2.24. The molecule has 0 bridgehead atoms. The molecule has 1 heterocycles. The molecule has 0 radical (unpaired) electrons. The number of carbonyl (C=O) groups excluding carboxylic acids is 2. The van der Waals surface area contributed by atoms with Gasteiger partial charge in [0.15, 0.2) is 0 Å². The van der Waals surface area contributed by atoms with Crippen molar-refractivity contribution in [2.45, 2.75) is 26.5 Å². The van der Waals surface area contributed by atoms with Crippen molar-refractivity contribution in [3.8, 4) is 0 Å². The third kappa shape index (κ3) is 4.63. The SMILES string of the molecule is CC(C)[C@@H](C=O)NC(=O)OCc1cccnc1. The lowest BCUT2D eigenvalue weighted by atomic mass is 10.1. The van der Waals surface area contributed by atoms with Gasteiger partial charge in [0.25, 0.3) is 0 Å². The third-order valence-electron chi connectivity index (χ3n) is 2.24. The zero-order valence-corrected chi connectivity index (χ0v) is 9.92. The second-order valence-corrected chi connectivity index (χ2v) is 3.99. The number of carbonyl (C=O) groups is 2. The lowest BCUT2D eigenvalue weighted by Gasteiger charge is -2.15. The van der Waals surface area contributed by atoms with E-state index in [2.05, 4.69) is 10.3 Å². The van der Waals surface area contributed by atoms with Gasteiger partial charge < -0.3 is 14.8 Å². The number of pyridine rings is 1. The van der Waals surface area contributed by atoms with Crippen LogP contribution in [-0.4, -0.2) is 23.4 Å². The van der Waals surface area contributed by atoms with E-state index in [9.17, 15) is 9.59 Å². The minimum Gasteiger partial charge on any atom is -0.445 e. The maximum atomic E-state index is 11.4. The Kier molecular flexibility index (Phi) is 5.13. The smallest absolute Gasteiger partial charge is 0.408 e. The van der Waals surface area contributed by atoms with E-state index in [0.29, 0.717) is 6.29 Å². The van der Waals surface area contributed by atoms with Crippen LogP contribution in [0, 0.1) is 5.92 Å². The normalized spacial score (nSPS) is 11.9. The van der Waals surface area contributed by atoms with E-state index in [1.54, 1.807) is 24.5 Å². The molecule has 0 aliphatic rings. The van der Waals surface area contributed by atoms with Gasteiger partial charge in [0.2, 0.25) is 0 Å². The molecule has 17 heavy (non-hydrogen) atoms. The van der Waals surface area contributed by atoms with Crippen LogP contribution >= 0.6 is 0 Å². The van der Waals surface area contributed by atoms with Crippen LogP contribution in [-0.2, 0) is 16.1 Å². The molecule has 0 fully saturated rings. The number of aromatic nitrogens is 1. The van der Waals surface area contributed by atoms with Crippen LogP contribution in [0.2, 0.25) is 0 Å². The van der Waals surface area contributed by atoms with Gasteiger partial charge in [0, 0.05) is 18.0 Å². The Balaban J connectivity index is 2.37. The number of nitrogens with one attached hydrogen (secondary N) is 1. The summed E-state index contributed by atoms with van der Waals surface area (Å²) in [6, 6.07) is 3.05. The number of ether oxygens (including phenoxy) is 1. The molecule has 0 saturated heterocycles. The summed E-state index contributed by atoms with van der Waals surface area (Å²) in [4.78, 5) is 26.0. The first-order valence-electron chi connectivity index (χ1n) is 5.41. The van der Waals surface area contributed by atoms with Gasteiger partial charge in [-0.25, -0.2) is 4.79 Å². The van der Waals surface area contributed by atoms with Crippen LogP contribution in [0.1, 0.15) is 19.4 Å². The van der Waals surface area contributed by atoms with Gasteiger partial charge in [-0.15, -0.1) is 0 Å². The quantitative estimate of drug-likeness (QED) is 0.787. The Morgan fingerprint density at radius 1 is 1.59 bits per heavy atom. The number of hydrogen-bond acceptors (Lipinski definition) is 4. The molecule has 0 aliphatic heterocycles. The molecule has 1 N–H and O–H groups in total. The topological polar surface area (TPSA) is 68.3 Å². The lowest BCUT2D eigenvalue weighted by Crippen LogP contribution is -2.39. The minimum absolute atomic E-state index is 0.0402. The van der Waals surface area contributed by atoms with Crippen molar-refractivity contribution in [2.75, 3.05) is 0 Å². The van der Waals surface area contributed by atoms with Crippen LogP contribution in [0.3, 0.4) is 0 Å². The molecule has 1 amide bonds. The van der Waals surface area contributed by atoms with Crippen LogP contribution < -0.4 is 5.32 Å². The summed E-state index contributed by atoms with van der Waals surface area (Å²) in [6.45, 7) is 3.84. The molecular formula is C12H16N2O3. The van der Waals surface area contributed by atoms with Crippen molar-refractivity contribution >= 4 is 12.4 Å². The molecule has 1 aromatic rings. The number of nitrogens with zero attached hydrogens (tertiary/aromatic N) is 1. The lowest BCUT2D eigenvalue weighted by molar-refractivity contribution is -0.110. The zero-order valence-electron chi connectivity index (χ0n) is 9.92. The van der Waals surface area contributed by atoms with Crippen LogP contribution in [0.25, 0.3) is 0 Å². The average molecular weight is 236 g/mol. The van der Waals surface area contributed by atoms with Crippen molar-refractivity contribution in [1.82, 2.24) is 10.3 Å². The van der Waals surface area contributed by atoms with Crippen molar-refractivity contribution in [3.05, 3.63) is 30.1 Å². The van der Waals surface area contributed by atoms with Gasteiger partial charge in [-0.2, -0.15) is 0 Å². The Hall–Kier alpha value is -1.91. The molecule has 1 rings (SSSR count). The average Bonchev–Trinajstić information content (AvgIpc) is 2.34. The highest BCUT2D eigenvalue weighted by Crippen LogP contribution is 2.01. The van der Waals surface area contributed by atoms with Crippen molar-refractivity contribution in [1.29, 1.82) is 0 Å². The van der Waals surface area contributed by atoms with Crippen LogP contribution in [0.15, 0.2) is 24.5 Å². The molecule has 5 heteroatoms. The van der Waals surface area contributed by atoms with E-state index in [1.165, 1.54) is 0 Å². The Labute approximate surface area is 100 Å². The van der Waals surface area contributed by atoms with E-state index >= 15 is 0 Å². The maximum Gasteiger partial charge on any atom is 0.408 e. The first-order chi connectivity index (χ1) is 8.13. The van der Waals surface area contributed by atoms with Gasteiger partial charge in [-0.1, -0.05) is 19.9 Å². The van der Waals surface area contributed by atoms with E-state index in [4.69, 9.17) is 4.74 Å². The maximum absolute atomic E-state index is 11.4. The van der Waals surface area contributed by atoms with Crippen LogP contribution in [0.5, 0.6) is 0 Å². The van der Waals surface area contributed by atoms with E-state index < -0.39 is 12.1 Å². The first-order valence-corrected chi connectivity index (χ1v) is 5.41. The number of rotatable bonds is 5. The number of amides is 1. The van der Waals surface area contributed by atoms with Crippen molar-refractivity contribution in [3.63, 3.8) is 0 Å². The highest BCUT2D eigenvalue weighted by atomic mass is 16.5. The fourth-order valence-corrected chi connectivity index (χ4v) is 1.17. The summed E-state index contributed by atoms with van der Waals surface area (Å²) in [5.41, 5.74) is 0.801. The predicted molar refractivity (Wildman–Crippen MR) is 62.2 cm³/mol. The first kappa shape index (κ1) is 13.2. The summed E-state index contributed by atoms with van der Waals surface area (Å²) < 4.78 is 4.96. The highest BCUT2D eigenvalue weighted by molar-refractivity contribution is 5.73. The molecule has 0 saturated carbocycles. The Morgan fingerprint density at radius 3 is 2.88 bits per heavy atom. The minimum atomic E-state index is -0.598. The molecule has 92 valence electrons. The van der Waals surface area contributed by atoms with Crippen molar-refractivity contribution in [2.24, 2.45) is 5.92 Å². The van der Waals surface area contributed by atoms with E-state index in [1.807, 2.05) is 13.8 Å². The molecular weight excluding hydrogens is 220 g/mol. The van der Waals surface area contributed by atoms with E-state index in [-0.39, 0.29) is 12.5 Å². The zero-order chi connectivity index (χ0) is 12.7.